The van der Waals surface area contributed by atoms with Gasteiger partial charge in [0.1, 0.15) is 4.90 Å². The van der Waals surface area contributed by atoms with Crippen molar-refractivity contribution in [3.8, 4) is 0 Å². The maximum Gasteiger partial charge on any atom is 0.242 e. The molecule has 3 N–H and O–H groups in total. The third-order valence-electron chi connectivity index (χ3n) is 2.26. The van der Waals surface area contributed by atoms with Gasteiger partial charge in [0.2, 0.25) is 10.0 Å². The lowest BCUT2D eigenvalue weighted by Gasteiger charge is -2.18. The van der Waals surface area contributed by atoms with Crippen LogP contribution < -0.4 is 10.5 Å². The molecule has 1 unspecified atom stereocenters. The van der Waals surface area contributed by atoms with Crippen molar-refractivity contribution >= 4 is 31.6 Å². The molecule has 0 radical (unpaired) electrons. The lowest BCUT2D eigenvalue weighted by Crippen LogP contribution is -2.39. The number of hydrogen-bond donors (Lipinski definition) is 2. The number of halogens is 1. The fraction of sp³-hybridized carbons (Fsp3) is 0.455. The molecule has 0 aromatic heterocycles. The van der Waals surface area contributed by atoms with Crippen molar-refractivity contribution in [2.45, 2.75) is 17.9 Å². The second kappa shape index (κ2) is 6.01. The molecule has 1 aromatic rings. The van der Waals surface area contributed by atoms with Crippen LogP contribution in [0.1, 0.15) is 6.92 Å². The van der Waals surface area contributed by atoms with Crippen LogP contribution in [0, 0.1) is 0 Å². The first-order valence-corrected chi connectivity index (χ1v) is 7.72. The van der Waals surface area contributed by atoms with E-state index in [1.54, 1.807) is 12.1 Å². The van der Waals surface area contributed by atoms with E-state index in [9.17, 15) is 8.42 Å². The van der Waals surface area contributed by atoms with E-state index in [4.69, 9.17) is 5.73 Å². The first-order valence-electron chi connectivity index (χ1n) is 5.44. The summed E-state index contributed by atoms with van der Waals surface area (Å²) in [5, 5.41) is 0. The number of likely N-dealkylation sites (N-methyl/N-ethyl adjacent to an activating group) is 1. The summed E-state index contributed by atoms with van der Waals surface area (Å²) in [6.45, 7) is 2.43. The number of anilines is 1. The van der Waals surface area contributed by atoms with Crippen molar-refractivity contribution in [3.63, 3.8) is 0 Å². The zero-order chi connectivity index (χ0) is 13.9. The zero-order valence-electron chi connectivity index (χ0n) is 10.6. The van der Waals surface area contributed by atoms with Crippen molar-refractivity contribution in [3.05, 3.63) is 22.7 Å². The maximum absolute atomic E-state index is 12.1. The molecule has 0 fully saturated rings. The van der Waals surface area contributed by atoms with Crippen molar-refractivity contribution in [2.24, 2.45) is 0 Å². The highest BCUT2D eigenvalue weighted by molar-refractivity contribution is 9.10. The first kappa shape index (κ1) is 15.4. The molecule has 1 atom stereocenters. The molecule has 5 nitrogen and oxygen atoms in total. The number of nitrogens with zero attached hydrogens (tertiary/aromatic N) is 1. The SMILES string of the molecule is CC(CN(C)C)NS(=O)(=O)c1ccc(Br)cc1N. The number of sulfonamides is 1. The average Bonchev–Trinajstić information content (AvgIpc) is 2.13. The highest BCUT2D eigenvalue weighted by Crippen LogP contribution is 2.22. The van der Waals surface area contributed by atoms with Crippen LogP contribution in [0.3, 0.4) is 0 Å². The van der Waals surface area contributed by atoms with E-state index in [1.165, 1.54) is 6.07 Å². The summed E-state index contributed by atoms with van der Waals surface area (Å²) in [5.41, 5.74) is 5.96. The third-order valence-corrected chi connectivity index (χ3v) is 4.41. The van der Waals surface area contributed by atoms with Crippen molar-refractivity contribution in [1.82, 2.24) is 9.62 Å². The van der Waals surface area contributed by atoms with Crippen molar-refractivity contribution < 1.29 is 8.42 Å². The van der Waals surface area contributed by atoms with Crippen LogP contribution >= 0.6 is 15.9 Å². The predicted octanol–water partition coefficient (Wildman–Crippen LogP) is 1.26. The molecule has 0 aliphatic rings. The molecular weight excluding hydrogens is 318 g/mol. The van der Waals surface area contributed by atoms with Gasteiger partial charge in [0.15, 0.2) is 0 Å². The fourth-order valence-corrected chi connectivity index (χ4v) is 3.40. The quantitative estimate of drug-likeness (QED) is 0.794. The smallest absolute Gasteiger partial charge is 0.242 e. The highest BCUT2D eigenvalue weighted by Gasteiger charge is 2.20. The molecular formula is C11H18BrN3O2S. The molecule has 0 amide bonds. The molecule has 0 aliphatic carbocycles. The van der Waals surface area contributed by atoms with E-state index in [1.807, 2.05) is 25.9 Å². The molecule has 1 rings (SSSR count). The number of nitrogens with one attached hydrogen (secondary N) is 1. The Morgan fingerprint density at radius 3 is 2.56 bits per heavy atom. The van der Waals surface area contributed by atoms with Crippen molar-refractivity contribution in [1.29, 1.82) is 0 Å². The minimum atomic E-state index is -3.58. The summed E-state index contributed by atoms with van der Waals surface area (Å²) in [6, 6.07) is 4.53. The average molecular weight is 336 g/mol. The number of benzene rings is 1. The fourth-order valence-electron chi connectivity index (χ4n) is 1.68. The largest absolute Gasteiger partial charge is 0.398 e. The molecule has 0 saturated heterocycles. The topological polar surface area (TPSA) is 75.4 Å². The van der Waals surface area contributed by atoms with E-state index < -0.39 is 10.0 Å². The summed E-state index contributed by atoms with van der Waals surface area (Å²) >= 11 is 3.24. The second-order valence-electron chi connectivity index (χ2n) is 4.47. The lowest BCUT2D eigenvalue weighted by atomic mass is 10.3. The van der Waals surface area contributed by atoms with Gasteiger partial charge >= 0.3 is 0 Å². The van der Waals surface area contributed by atoms with Crippen LogP contribution in [0.5, 0.6) is 0 Å². The Morgan fingerprint density at radius 1 is 1.44 bits per heavy atom. The van der Waals surface area contributed by atoms with Crippen LogP contribution in [0.2, 0.25) is 0 Å². The number of hydrogen-bond acceptors (Lipinski definition) is 4. The predicted molar refractivity (Wildman–Crippen MR) is 76.9 cm³/mol. The van der Waals surface area contributed by atoms with Crippen LogP contribution in [0.15, 0.2) is 27.6 Å². The van der Waals surface area contributed by atoms with E-state index in [0.717, 1.165) is 4.47 Å². The standard InChI is InChI=1S/C11H18BrN3O2S/c1-8(7-15(2)3)14-18(16,17)11-5-4-9(12)6-10(11)13/h4-6,8,14H,7,13H2,1-3H3. The molecule has 0 saturated carbocycles. The van der Waals surface area contributed by atoms with Crippen LogP contribution in [-0.4, -0.2) is 40.0 Å². The third kappa shape index (κ3) is 4.24. The molecule has 0 heterocycles. The Morgan fingerprint density at radius 2 is 2.06 bits per heavy atom. The Bertz CT molecular complexity index is 517. The summed E-state index contributed by atoms with van der Waals surface area (Å²) in [4.78, 5) is 2.02. The van der Waals surface area contributed by atoms with Gasteiger partial charge in [0, 0.05) is 17.1 Å². The Hall–Kier alpha value is -0.630. The van der Waals surface area contributed by atoms with Gasteiger partial charge in [-0.1, -0.05) is 15.9 Å². The second-order valence-corrected chi connectivity index (χ2v) is 7.06. The number of nitrogens with two attached hydrogens (primary N) is 1. The van der Waals surface area contributed by atoms with Gasteiger partial charge in [0.05, 0.1) is 5.69 Å². The highest BCUT2D eigenvalue weighted by atomic mass is 79.9. The number of rotatable bonds is 5. The first-order chi connectivity index (χ1) is 8.22. The maximum atomic E-state index is 12.1. The number of nitrogen functional groups attached to an aromatic ring is 1. The van der Waals surface area contributed by atoms with Crippen LogP contribution in [0.4, 0.5) is 5.69 Å². The van der Waals surface area contributed by atoms with E-state index in [2.05, 4.69) is 20.7 Å². The summed E-state index contributed by atoms with van der Waals surface area (Å²) in [7, 11) is 0.200. The lowest BCUT2D eigenvalue weighted by molar-refractivity contribution is 0.370. The molecule has 7 heteroatoms. The minimum absolute atomic E-state index is 0.108. The Labute approximate surface area is 117 Å². The molecule has 18 heavy (non-hydrogen) atoms. The van der Waals surface area contributed by atoms with E-state index in [-0.39, 0.29) is 16.6 Å². The van der Waals surface area contributed by atoms with E-state index >= 15 is 0 Å². The van der Waals surface area contributed by atoms with Gasteiger partial charge in [-0.25, -0.2) is 13.1 Å². The molecule has 0 bridgehead atoms. The van der Waals surface area contributed by atoms with Gasteiger partial charge in [-0.05, 0) is 39.2 Å². The van der Waals surface area contributed by atoms with Crippen molar-refractivity contribution in [2.75, 3.05) is 26.4 Å². The summed E-state index contributed by atoms with van der Waals surface area (Å²) in [6.07, 6.45) is 0. The zero-order valence-corrected chi connectivity index (χ0v) is 13.0. The van der Waals surface area contributed by atoms with Gasteiger partial charge in [-0.15, -0.1) is 0 Å². The van der Waals surface area contributed by atoms with Gasteiger partial charge in [-0.3, -0.25) is 0 Å². The monoisotopic (exact) mass is 335 g/mol. The van der Waals surface area contributed by atoms with Gasteiger partial charge in [-0.2, -0.15) is 0 Å². The Balaban J connectivity index is 2.93. The van der Waals surface area contributed by atoms with Gasteiger partial charge in [0.25, 0.3) is 0 Å². The molecule has 0 aliphatic heterocycles. The Kier molecular flexibility index (Phi) is 5.15. The van der Waals surface area contributed by atoms with Gasteiger partial charge < -0.3 is 10.6 Å². The molecule has 0 spiro atoms. The van der Waals surface area contributed by atoms with Crippen LogP contribution in [0.25, 0.3) is 0 Å². The summed E-state index contributed by atoms with van der Waals surface area (Å²) in [5.74, 6) is 0. The normalized spacial score (nSPS) is 13.8. The summed E-state index contributed by atoms with van der Waals surface area (Å²) < 4.78 is 27.6. The van der Waals surface area contributed by atoms with Crippen LogP contribution in [-0.2, 0) is 10.0 Å². The molecule has 102 valence electrons. The van der Waals surface area contributed by atoms with E-state index in [0.29, 0.717) is 6.54 Å². The minimum Gasteiger partial charge on any atom is -0.398 e. The molecule has 1 aromatic carbocycles.